The summed E-state index contributed by atoms with van der Waals surface area (Å²) in [5.74, 6) is 1.36. The van der Waals surface area contributed by atoms with Crippen LogP contribution in [0.3, 0.4) is 0 Å². The van der Waals surface area contributed by atoms with Gasteiger partial charge in [-0.15, -0.1) is 0 Å². The number of aliphatic imine (C=N–C) groups is 1. The Morgan fingerprint density at radius 1 is 1.06 bits per heavy atom. The molecule has 0 aliphatic rings. The zero-order valence-corrected chi connectivity index (χ0v) is 10.00. The molecule has 1 heterocycles. The molecule has 18 heavy (non-hydrogen) atoms. The van der Waals surface area contributed by atoms with E-state index in [9.17, 15) is 0 Å². The molecule has 0 saturated carbocycles. The van der Waals surface area contributed by atoms with E-state index in [1.54, 1.807) is 12.3 Å². The van der Waals surface area contributed by atoms with E-state index in [1.807, 2.05) is 25.1 Å². The molecule has 2 aromatic carbocycles. The summed E-state index contributed by atoms with van der Waals surface area (Å²) in [5, 5.41) is 6.26. The van der Waals surface area contributed by atoms with Crippen LogP contribution in [0.2, 0.25) is 0 Å². The fourth-order valence-corrected chi connectivity index (χ4v) is 1.84. The van der Waals surface area contributed by atoms with E-state index >= 15 is 0 Å². The summed E-state index contributed by atoms with van der Waals surface area (Å²) in [6.45, 7) is 1.85. The zero-order chi connectivity index (χ0) is 12.4. The maximum absolute atomic E-state index is 4.96. The Morgan fingerprint density at radius 3 is 2.67 bits per heavy atom. The number of hydrogen-bond donors (Lipinski definition) is 0. The van der Waals surface area contributed by atoms with Crippen LogP contribution in [0.1, 0.15) is 11.3 Å². The molecule has 3 aromatic rings. The highest BCUT2D eigenvalue weighted by atomic mass is 16.5. The fraction of sp³-hybridized carbons (Fsp3) is 0.0667. The second-order valence-corrected chi connectivity index (χ2v) is 4.16. The number of nitrogens with zero attached hydrogens (tertiary/aromatic N) is 2. The molecule has 0 unspecified atom stereocenters. The average molecular weight is 236 g/mol. The Morgan fingerprint density at radius 2 is 1.89 bits per heavy atom. The van der Waals surface area contributed by atoms with Gasteiger partial charge in [-0.05, 0) is 29.3 Å². The molecule has 0 amide bonds. The molecule has 0 aliphatic heterocycles. The van der Waals surface area contributed by atoms with Crippen LogP contribution in [0.4, 0.5) is 5.82 Å². The fourth-order valence-electron chi connectivity index (χ4n) is 1.84. The zero-order valence-electron chi connectivity index (χ0n) is 10.00. The first-order chi connectivity index (χ1) is 8.81. The minimum absolute atomic E-state index is 0.598. The summed E-state index contributed by atoms with van der Waals surface area (Å²) < 4.78 is 4.96. The van der Waals surface area contributed by atoms with Crippen molar-refractivity contribution in [2.24, 2.45) is 4.99 Å². The van der Waals surface area contributed by atoms with Crippen LogP contribution in [0.5, 0.6) is 0 Å². The summed E-state index contributed by atoms with van der Waals surface area (Å²) in [4.78, 5) is 4.27. The SMILES string of the molecule is Cc1cc(N=Cc2ccc3ccccc3c2)no1. The topological polar surface area (TPSA) is 38.4 Å². The first-order valence-electron chi connectivity index (χ1n) is 5.77. The van der Waals surface area contributed by atoms with Gasteiger partial charge in [-0.2, -0.15) is 0 Å². The third-order valence-corrected chi connectivity index (χ3v) is 2.73. The predicted molar refractivity (Wildman–Crippen MR) is 72.4 cm³/mol. The largest absolute Gasteiger partial charge is 0.359 e. The first-order valence-corrected chi connectivity index (χ1v) is 5.77. The predicted octanol–water partition coefficient (Wildman–Crippen LogP) is 3.89. The lowest BCUT2D eigenvalue weighted by Gasteiger charge is -1.98. The van der Waals surface area contributed by atoms with Crippen molar-refractivity contribution in [2.75, 3.05) is 0 Å². The monoisotopic (exact) mass is 236 g/mol. The van der Waals surface area contributed by atoms with Crippen molar-refractivity contribution in [2.45, 2.75) is 6.92 Å². The van der Waals surface area contributed by atoms with Crippen molar-refractivity contribution in [3.63, 3.8) is 0 Å². The number of benzene rings is 2. The average Bonchev–Trinajstić information content (AvgIpc) is 2.82. The molecule has 3 nitrogen and oxygen atoms in total. The minimum atomic E-state index is 0.598. The van der Waals surface area contributed by atoms with Gasteiger partial charge in [0.2, 0.25) is 0 Å². The highest BCUT2D eigenvalue weighted by Gasteiger charge is 1.97. The Balaban J connectivity index is 1.93. The van der Waals surface area contributed by atoms with Gasteiger partial charge in [-0.1, -0.05) is 41.6 Å². The summed E-state index contributed by atoms with van der Waals surface area (Å²) in [6.07, 6.45) is 1.80. The van der Waals surface area contributed by atoms with E-state index < -0.39 is 0 Å². The van der Waals surface area contributed by atoms with E-state index in [0.29, 0.717) is 5.82 Å². The molecule has 0 fully saturated rings. The van der Waals surface area contributed by atoms with Gasteiger partial charge in [-0.25, -0.2) is 4.99 Å². The van der Waals surface area contributed by atoms with Crippen LogP contribution in [-0.2, 0) is 0 Å². The standard InChI is InChI=1S/C15H12N2O/c1-11-8-15(17-18-11)16-10-12-6-7-13-4-2-3-5-14(13)9-12/h2-10H,1H3. The lowest BCUT2D eigenvalue weighted by atomic mass is 10.1. The second kappa shape index (κ2) is 4.45. The lowest BCUT2D eigenvalue weighted by molar-refractivity contribution is 0.399. The molecular weight excluding hydrogens is 224 g/mol. The van der Waals surface area contributed by atoms with Gasteiger partial charge in [0.05, 0.1) is 0 Å². The number of fused-ring (bicyclic) bond motifs is 1. The van der Waals surface area contributed by atoms with Gasteiger partial charge >= 0.3 is 0 Å². The maximum Gasteiger partial charge on any atom is 0.195 e. The van der Waals surface area contributed by atoms with Crippen molar-refractivity contribution < 1.29 is 4.52 Å². The summed E-state index contributed by atoms with van der Waals surface area (Å²) in [6, 6.07) is 16.3. The Labute approximate surface area is 105 Å². The molecular formula is C15H12N2O. The van der Waals surface area contributed by atoms with Crippen LogP contribution < -0.4 is 0 Å². The van der Waals surface area contributed by atoms with Gasteiger partial charge in [0.25, 0.3) is 0 Å². The number of hydrogen-bond acceptors (Lipinski definition) is 3. The first kappa shape index (κ1) is 10.7. The molecule has 0 saturated heterocycles. The van der Waals surface area contributed by atoms with Gasteiger partial charge in [0.15, 0.2) is 5.82 Å². The van der Waals surface area contributed by atoms with Crippen molar-refractivity contribution in [1.82, 2.24) is 5.16 Å². The summed E-state index contributed by atoms with van der Waals surface area (Å²) in [5.41, 5.74) is 1.05. The smallest absolute Gasteiger partial charge is 0.195 e. The van der Waals surface area contributed by atoms with E-state index in [2.05, 4.69) is 34.4 Å². The van der Waals surface area contributed by atoms with Gasteiger partial charge in [0.1, 0.15) is 5.76 Å². The van der Waals surface area contributed by atoms with Crippen molar-refractivity contribution in [3.05, 3.63) is 59.9 Å². The van der Waals surface area contributed by atoms with Gasteiger partial charge in [0, 0.05) is 12.3 Å². The number of rotatable bonds is 2. The van der Waals surface area contributed by atoms with E-state index in [-0.39, 0.29) is 0 Å². The minimum Gasteiger partial charge on any atom is -0.359 e. The molecule has 3 rings (SSSR count). The van der Waals surface area contributed by atoms with Crippen LogP contribution in [0, 0.1) is 6.92 Å². The van der Waals surface area contributed by atoms with Crippen molar-refractivity contribution >= 4 is 22.8 Å². The molecule has 0 atom stereocenters. The molecule has 3 heteroatoms. The quantitative estimate of drug-likeness (QED) is 0.633. The second-order valence-electron chi connectivity index (χ2n) is 4.16. The molecule has 0 spiro atoms. The van der Waals surface area contributed by atoms with Crippen LogP contribution in [0.25, 0.3) is 10.8 Å². The van der Waals surface area contributed by atoms with Crippen LogP contribution >= 0.6 is 0 Å². The third kappa shape index (κ3) is 2.15. The highest BCUT2D eigenvalue weighted by molar-refractivity contribution is 5.91. The van der Waals surface area contributed by atoms with Crippen LogP contribution in [-0.4, -0.2) is 11.4 Å². The lowest BCUT2D eigenvalue weighted by Crippen LogP contribution is -1.81. The molecule has 88 valence electrons. The van der Waals surface area contributed by atoms with E-state index in [4.69, 9.17) is 4.52 Å². The number of aryl methyl sites for hydroxylation is 1. The van der Waals surface area contributed by atoms with Crippen molar-refractivity contribution in [1.29, 1.82) is 0 Å². The molecule has 0 aliphatic carbocycles. The number of aromatic nitrogens is 1. The molecule has 1 aromatic heterocycles. The van der Waals surface area contributed by atoms with Gasteiger partial charge in [-0.3, -0.25) is 0 Å². The highest BCUT2D eigenvalue weighted by Crippen LogP contribution is 2.16. The Hall–Kier alpha value is -2.42. The summed E-state index contributed by atoms with van der Waals surface area (Å²) in [7, 11) is 0. The van der Waals surface area contributed by atoms with Gasteiger partial charge < -0.3 is 4.52 Å². The Kier molecular flexibility index (Phi) is 2.65. The van der Waals surface area contributed by atoms with Crippen molar-refractivity contribution in [3.8, 4) is 0 Å². The van der Waals surface area contributed by atoms with Crippen LogP contribution in [0.15, 0.2) is 58.0 Å². The molecule has 0 bridgehead atoms. The van der Waals surface area contributed by atoms with E-state index in [1.165, 1.54) is 10.8 Å². The molecule has 0 N–H and O–H groups in total. The Bertz CT molecular complexity index is 713. The van der Waals surface area contributed by atoms with E-state index in [0.717, 1.165) is 11.3 Å². The molecule has 0 radical (unpaired) electrons. The normalized spacial score (nSPS) is 11.4. The maximum atomic E-state index is 4.96. The summed E-state index contributed by atoms with van der Waals surface area (Å²) >= 11 is 0. The third-order valence-electron chi connectivity index (χ3n) is 2.73.